The van der Waals surface area contributed by atoms with Crippen LogP contribution in [0.25, 0.3) is 0 Å². The Morgan fingerprint density at radius 3 is 2.84 bits per heavy atom. The number of pyridine rings is 1. The number of rotatable bonds is 6. The van der Waals surface area contributed by atoms with E-state index in [-0.39, 0.29) is 0 Å². The fraction of sp³-hybridized carbons (Fsp3) is 0.357. The van der Waals surface area contributed by atoms with E-state index in [4.69, 9.17) is 0 Å². The number of anilines is 1. The number of hydrogen-bond acceptors (Lipinski definition) is 5. The van der Waals surface area contributed by atoms with E-state index in [0.717, 1.165) is 41.0 Å². The molecule has 5 heteroatoms. The Bertz CT molecular complexity index is 530. The van der Waals surface area contributed by atoms with Crippen LogP contribution >= 0.6 is 11.8 Å². The monoisotopic (exact) mass is 274 g/mol. The Kier molecular flexibility index (Phi) is 5.15. The van der Waals surface area contributed by atoms with Gasteiger partial charge in [0.05, 0.1) is 5.69 Å². The fourth-order valence-corrected chi connectivity index (χ4v) is 2.35. The van der Waals surface area contributed by atoms with Gasteiger partial charge < -0.3 is 5.32 Å². The van der Waals surface area contributed by atoms with E-state index >= 15 is 0 Å². The second kappa shape index (κ2) is 7.09. The molecular weight excluding hydrogens is 256 g/mol. The van der Waals surface area contributed by atoms with E-state index in [1.807, 2.05) is 25.3 Å². The smallest absolute Gasteiger partial charge is 0.188 e. The molecule has 2 aromatic heterocycles. The molecule has 0 radical (unpaired) electrons. The number of nitrogens with one attached hydrogen (secondary N) is 1. The summed E-state index contributed by atoms with van der Waals surface area (Å²) in [6, 6.07) is 5.98. The average Bonchev–Trinajstić information content (AvgIpc) is 2.43. The summed E-state index contributed by atoms with van der Waals surface area (Å²) in [5.74, 6) is 0.783. The van der Waals surface area contributed by atoms with E-state index in [9.17, 15) is 0 Å². The van der Waals surface area contributed by atoms with Crippen LogP contribution in [-0.2, 0) is 5.75 Å². The fourth-order valence-electron chi connectivity index (χ4n) is 1.57. The molecule has 0 unspecified atom stereocenters. The van der Waals surface area contributed by atoms with Crippen LogP contribution in [0.15, 0.2) is 35.7 Å². The van der Waals surface area contributed by atoms with Crippen molar-refractivity contribution in [3.05, 3.63) is 42.0 Å². The molecule has 0 bridgehead atoms. The van der Waals surface area contributed by atoms with Gasteiger partial charge in [-0.15, -0.1) is 0 Å². The van der Waals surface area contributed by atoms with Crippen LogP contribution in [0.4, 0.5) is 5.69 Å². The van der Waals surface area contributed by atoms with Crippen LogP contribution < -0.4 is 5.32 Å². The molecule has 0 aliphatic rings. The molecule has 2 aromatic rings. The van der Waals surface area contributed by atoms with Gasteiger partial charge in [0, 0.05) is 36.1 Å². The number of nitrogens with zero attached hydrogens (tertiary/aromatic N) is 3. The summed E-state index contributed by atoms with van der Waals surface area (Å²) in [4.78, 5) is 13.0. The molecule has 2 heterocycles. The summed E-state index contributed by atoms with van der Waals surface area (Å²) < 4.78 is 0. The van der Waals surface area contributed by atoms with E-state index < -0.39 is 0 Å². The largest absolute Gasteiger partial charge is 0.385 e. The maximum absolute atomic E-state index is 4.37. The first-order valence-corrected chi connectivity index (χ1v) is 7.37. The first kappa shape index (κ1) is 13.8. The van der Waals surface area contributed by atoms with Crippen molar-refractivity contribution < 1.29 is 0 Å². The van der Waals surface area contributed by atoms with Gasteiger partial charge in [-0.1, -0.05) is 18.7 Å². The summed E-state index contributed by atoms with van der Waals surface area (Å²) >= 11 is 1.61. The van der Waals surface area contributed by atoms with E-state index in [2.05, 4.69) is 33.3 Å². The van der Waals surface area contributed by atoms with Gasteiger partial charge in [0.2, 0.25) is 0 Å². The minimum Gasteiger partial charge on any atom is -0.385 e. The Morgan fingerprint density at radius 1 is 1.21 bits per heavy atom. The lowest BCUT2D eigenvalue weighted by Crippen LogP contribution is -2.00. The average molecular weight is 274 g/mol. The predicted molar refractivity (Wildman–Crippen MR) is 79.3 cm³/mol. The third-order valence-corrected chi connectivity index (χ3v) is 3.41. The van der Waals surface area contributed by atoms with Crippen molar-refractivity contribution in [1.82, 2.24) is 15.0 Å². The highest BCUT2D eigenvalue weighted by Gasteiger charge is 2.01. The maximum atomic E-state index is 4.37. The highest BCUT2D eigenvalue weighted by atomic mass is 32.2. The minimum absolute atomic E-state index is 0.783. The predicted octanol–water partition coefficient (Wildman–Crippen LogP) is 3.29. The molecule has 0 aliphatic carbocycles. The van der Waals surface area contributed by atoms with Crippen molar-refractivity contribution in [3.63, 3.8) is 0 Å². The van der Waals surface area contributed by atoms with Gasteiger partial charge in [0.1, 0.15) is 0 Å². The number of thioether (sulfide) groups is 1. The molecule has 0 spiro atoms. The van der Waals surface area contributed by atoms with Gasteiger partial charge in [0.15, 0.2) is 5.16 Å². The molecule has 0 saturated carbocycles. The van der Waals surface area contributed by atoms with Crippen molar-refractivity contribution in [1.29, 1.82) is 0 Å². The summed E-state index contributed by atoms with van der Waals surface area (Å²) in [6.07, 6.45) is 4.74. The lowest BCUT2D eigenvalue weighted by Gasteiger charge is -2.06. The van der Waals surface area contributed by atoms with Crippen LogP contribution in [0, 0.1) is 6.92 Å². The highest BCUT2D eigenvalue weighted by Crippen LogP contribution is 2.19. The normalized spacial score (nSPS) is 10.4. The van der Waals surface area contributed by atoms with Gasteiger partial charge >= 0.3 is 0 Å². The van der Waals surface area contributed by atoms with E-state index in [0.29, 0.717) is 0 Å². The van der Waals surface area contributed by atoms with Crippen LogP contribution in [0.2, 0.25) is 0 Å². The Morgan fingerprint density at radius 2 is 2.05 bits per heavy atom. The molecule has 0 aliphatic heterocycles. The van der Waals surface area contributed by atoms with Crippen molar-refractivity contribution in [2.75, 3.05) is 11.9 Å². The molecule has 1 N–H and O–H groups in total. The van der Waals surface area contributed by atoms with Crippen molar-refractivity contribution in [3.8, 4) is 0 Å². The third kappa shape index (κ3) is 4.52. The summed E-state index contributed by atoms with van der Waals surface area (Å²) in [5.41, 5.74) is 3.15. The second-order valence-corrected chi connectivity index (χ2v) is 5.17. The minimum atomic E-state index is 0.783. The zero-order valence-electron chi connectivity index (χ0n) is 11.3. The Labute approximate surface area is 118 Å². The molecule has 0 atom stereocenters. The Hall–Kier alpha value is -1.62. The zero-order chi connectivity index (χ0) is 13.5. The topological polar surface area (TPSA) is 50.7 Å². The zero-order valence-corrected chi connectivity index (χ0v) is 12.1. The van der Waals surface area contributed by atoms with Crippen LogP contribution in [0.1, 0.15) is 24.7 Å². The molecule has 0 amide bonds. The first-order valence-electron chi connectivity index (χ1n) is 6.39. The van der Waals surface area contributed by atoms with Gasteiger partial charge in [0.25, 0.3) is 0 Å². The summed E-state index contributed by atoms with van der Waals surface area (Å²) in [5, 5.41) is 4.16. The third-order valence-electron chi connectivity index (χ3n) is 2.52. The number of aromatic nitrogens is 3. The molecule has 4 nitrogen and oxygen atoms in total. The number of hydrogen-bond donors (Lipinski definition) is 1. The van der Waals surface area contributed by atoms with Crippen molar-refractivity contribution in [2.24, 2.45) is 0 Å². The van der Waals surface area contributed by atoms with E-state index in [1.165, 1.54) is 0 Å². The SMILES string of the molecule is CCCNc1ccnc(CSc2nccc(C)n2)c1. The highest BCUT2D eigenvalue weighted by molar-refractivity contribution is 7.98. The molecule has 0 saturated heterocycles. The molecule has 0 aromatic carbocycles. The summed E-state index contributed by atoms with van der Waals surface area (Å²) in [7, 11) is 0. The number of aryl methyl sites for hydroxylation is 1. The maximum Gasteiger partial charge on any atom is 0.188 e. The van der Waals surface area contributed by atoms with Crippen molar-refractivity contribution >= 4 is 17.4 Å². The van der Waals surface area contributed by atoms with Crippen LogP contribution in [0.5, 0.6) is 0 Å². The second-order valence-electron chi connectivity index (χ2n) is 4.23. The van der Waals surface area contributed by atoms with Gasteiger partial charge in [-0.25, -0.2) is 9.97 Å². The van der Waals surface area contributed by atoms with Crippen LogP contribution in [0.3, 0.4) is 0 Å². The molecule has 0 fully saturated rings. The van der Waals surface area contributed by atoms with Crippen molar-refractivity contribution in [2.45, 2.75) is 31.2 Å². The molecule has 19 heavy (non-hydrogen) atoms. The lowest BCUT2D eigenvalue weighted by molar-refractivity contribution is 0.930. The standard InChI is InChI=1S/C14H18N4S/c1-3-6-15-12-5-8-16-13(9-12)10-19-14-17-7-4-11(2)18-14/h4-5,7-9H,3,6,10H2,1-2H3,(H,15,16). The quantitative estimate of drug-likeness (QED) is 0.647. The van der Waals surface area contributed by atoms with Gasteiger partial charge in [-0.3, -0.25) is 4.98 Å². The lowest BCUT2D eigenvalue weighted by atomic mass is 10.3. The first-order chi connectivity index (χ1) is 9.28. The van der Waals surface area contributed by atoms with Gasteiger partial charge in [-0.05, 0) is 31.5 Å². The molecule has 2 rings (SSSR count). The summed E-state index contributed by atoms with van der Waals surface area (Å²) in [6.45, 7) is 5.11. The Balaban J connectivity index is 1.95. The molecule has 100 valence electrons. The molecular formula is C14H18N4S. The van der Waals surface area contributed by atoms with Gasteiger partial charge in [-0.2, -0.15) is 0 Å². The van der Waals surface area contributed by atoms with E-state index in [1.54, 1.807) is 18.0 Å². The van der Waals surface area contributed by atoms with Crippen LogP contribution in [-0.4, -0.2) is 21.5 Å².